The Labute approximate surface area is 159 Å². The lowest BCUT2D eigenvalue weighted by Gasteiger charge is -2.33. The zero-order valence-electron chi connectivity index (χ0n) is 15.4. The van der Waals surface area contributed by atoms with Crippen LogP contribution in [-0.4, -0.2) is 59.0 Å². The summed E-state index contributed by atoms with van der Waals surface area (Å²) in [5, 5.41) is 10.2. The van der Waals surface area contributed by atoms with Gasteiger partial charge in [-0.1, -0.05) is 18.2 Å². The second-order valence-electron chi connectivity index (χ2n) is 7.33. The van der Waals surface area contributed by atoms with Crippen LogP contribution < -0.4 is 4.74 Å². The molecule has 27 heavy (non-hydrogen) atoms. The molecule has 0 saturated carbocycles. The van der Waals surface area contributed by atoms with E-state index < -0.39 is 0 Å². The summed E-state index contributed by atoms with van der Waals surface area (Å²) >= 11 is 0. The number of pyridine rings is 1. The second-order valence-corrected chi connectivity index (χ2v) is 7.33. The minimum Gasteiger partial charge on any atom is -0.489 e. The van der Waals surface area contributed by atoms with Gasteiger partial charge in [0.2, 0.25) is 5.91 Å². The van der Waals surface area contributed by atoms with Gasteiger partial charge in [0.1, 0.15) is 17.9 Å². The standard InChI is InChI=1S/C21H24N4O2/c22-13-17-5-3-9-25(17)21(26)15-24-10-7-18(8-11-24)27-19-12-16-4-1-2-6-20(16)23-14-19/h1-2,4,6,12,14,17-18H,3,5,7-11,15H2. The van der Waals surface area contributed by atoms with Gasteiger partial charge in [-0.25, -0.2) is 0 Å². The molecule has 4 rings (SSSR count). The monoisotopic (exact) mass is 364 g/mol. The molecule has 0 aliphatic carbocycles. The number of benzene rings is 1. The average molecular weight is 364 g/mol. The van der Waals surface area contributed by atoms with Crippen LogP contribution in [0.2, 0.25) is 0 Å². The van der Waals surface area contributed by atoms with Crippen molar-refractivity contribution < 1.29 is 9.53 Å². The predicted octanol–water partition coefficient (Wildman–Crippen LogP) is 2.59. The molecule has 0 spiro atoms. The molecule has 140 valence electrons. The molecular weight excluding hydrogens is 340 g/mol. The second kappa shape index (κ2) is 7.93. The van der Waals surface area contributed by atoms with E-state index >= 15 is 0 Å². The first-order valence-corrected chi connectivity index (χ1v) is 9.66. The maximum atomic E-state index is 12.5. The third-order valence-corrected chi connectivity index (χ3v) is 5.48. The smallest absolute Gasteiger partial charge is 0.237 e. The van der Waals surface area contributed by atoms with Crippen molar-refractivity contribution in [3.05, 3.63) is 36.5 Å². The van der Waals surface area contributed by atoms with Crippen molar-refractivity contribution in [2.45, 2.75) is 37.8 Å². The number of carbonyl (C=O) groups is 1. The number of para-hydroxylation sites is 1. The van der Waals surface area contributed by atoms with E-state index in [1.807, 2.05) is 30.3 Å². The summed E-state index contributed by atoms with van der Waals surface area (Å²) in [4.78, 5) is 20.8. The van der Waals surface area contributed by atoms with E-state index in [0.29, 0.717) is 13.1 Å². The molecule has 0 bridgehead atoms. The Kier molecular flexibility index (Phi) is 5.21. The van der Waals surface area contributed by atoms with E-state index in [2.05, 4.69) is 16.0 Å². The molecule has 0 N–H and O–H groups in total. The topological polar surface area (TPSA) is 69.5 Å². The Morgan fingerprint density at radius 3 is 2.85 bits per heavy atom. The molecule has 2 saturated heterocycles. The van der Waals surface area contributed by atoms with Crippen molar-refractivity contribution in [1.82, 2.24) is 14.8 Å². The number of amides is 1. The van der Waals surface area contributed by atoms with Crippen LogP contribution in [0.5, 0.6) is 5.75 Å². The van der Waals surface area contributed by atoms with Crippen molar-refractivity contribution in [3.8, 4) is 11.8 Å². The Morgan fingerprint density at radius 2 is 2.04 bits per heavy atom. The maximum absolute atomic E-state index is 12.5. The van der Waals surface area contributed by atoms with Crippen LogP contribution in [0, 0.1) is 11.3 Å². The molecular formula is C21H24N4O2. The van der Waals surface area contributed by atoms with E-state index in [9.17, 15) is 4.79 Å². The highest BCUT2D eigenvalue weighted by molar-refractivity contribution is 5.80. The van der Waals surface area contributed by atoms with Crippen molar-refractivity contribution in [2.75, 3.05) is 26.2 Å². The minimum absolute atomic E-state index is 0.0807. The van der Waals surface area contributed by atoms with Gasteiger partial charge in [-0.05, 0) is 37.8 Å². The summed E-state index contributed by atoms with van der Waals surface area (Å²) in [6.45, 7) is 2.79. The zero-order chi connectivity index (χ0) is 18.6. The molecule has 6 nitrogen and oxygen atoms in total. The van der Waals surface area contributed by atoms with Gasteiger partial charge in [0, 0.05) is 25.0 Å². The minimum atomic E-state index is -0.237. The summed E-state index contributed by atoms with van der Waals surface area (Å²) in [7, 11) is 0. The summed E-state index contributed by atoms with van der Waals surface area (Å²) < 4.78 is 6.12. The van der Waals surface area contributed by atoms with E-state index in [-0.39, 0.29) is 18.1 Å². The molecule has 1 amide bonds. The van der Waals surface area contributed by atoms with Gasteiger partial charge >= 0.3 is 0 Å². The van der Waals surface area contributed by atoms with Crippen molar-refractivity contribution >= 4 is 16.8 Å². The number of hydrogen-bond acceptors (Lipinski definition) is 5. The summed E-state index contributed by atoms with van der Waals surface area (Å²) in [6.07, 6.45) is 5.45. The van der Waals surface area contributed by atoms with Crippen LogP contribution in [0.1, 0.15) is 25.7 Å². The Balaban J connectivity index is 1.28. The summed E-state index contributed by atoms with van der Waals surface area (Å²) in [6, 6.07) is 12.0. The van der Waals surface area contributed by atoms with E-state index in [4.69, 9.17) is 10.00 Å². The fourth-order valence-electron chi connectivity index (χ4n) is 3.97. The van der Waals surface area contributed by atoms with Gasteiger partial charge in [0.25, 0.3) is 0 Å². The van der Waals surface area contributed by atoms with Gasteiger partial charge in [0.05, 0.1) is 24.3 Å². The Bertz CT molecular complexity index is 855. The first kappa shape index (κ1) is 17.7. The third-order valence-electron chi connectivity index (χ3n) is 5.48. The lowest BCUT2D eigenvalue weighted by atomic mass is 10.1. The number of aromatic nitrogens is 1. The van der Waals surface area contributed by atoms with Crippen molar-refractivity contribution in [1.29, 1.82) is 5.26 Å². The van der Waals surface area contributed by atoms with Gasteiger partial charge in [-0.2, -0.15) is 5.26 Å². The number of piperidine rings is 1. The molecule has 2 aliphatic rings. The molecule has 1 aromatic carbocycles. The molecule has 2 fully saturated rings. The van der Waals surface area contributed by atoms with Crippen LogP contribution in [-0.2, 0) is 4.79 Å². The third kappa shape index (κ3) is 4.04. The van der Waals surface area contributed by atoms with Gasteiger partial charge in [0.15, 0.2) is 0 Å². The number of ether oxygens (including phenoxy) is 1. The maximum Gasteiger partial charge on any atom is 0.237 e. The zero-order valence-corrected chi connectivity index (χ0v) is 15.4. The highest BCUT2D eigenvalue weighted by Gasteiger charge is 2.30. The summed E-state index contributed by atoms with van der Waals surface area (Å²) in [5.74, 6) is 0.884. The van der Waals surface area contributed by atoms with Crippen LogP contribution in [0.15, 0.2) is 36.5 Å². The number of carbonyl (C=O) groups excluding carboxylic acids is 1. The molecule has 1 atom stereocenters. The number of fused-ring (bicyclic) bond motifs is 1. The highest BCUT2D eigenvalue weighted by Crippen LogP contribution is 2.23. The number of nitrogens with zero attached hydrogens (tertiary/aromatic N) is 4. The first-order chi connectivity index (χ1) is 13.2. The van der Waals surface area contributed by atoms with Gasteiger partial charge in [-0.15, -0.1) is 0 Å². The number of hydrogen-bond donors (Lipinski definition) is 0. The predicted molar refractivity (Wildman–Crippen MR) is 102 cm³/mol. The average Bonchev–Trinajstić information content (AvgIpc) is 3.18. The lowest BCUT2D eigenvalue weighted by molar-refractivity contribution is -0.132. The Hall–Kier alpha value is -2.65. The largest absolute Gasteiger partial charge is 0.489 e. The van der Waals surface area contributed by atoms with Crippen LogP contribution in [0.4, 0.5) is 0 Å². The fourth-order valence-corrected chi connectivity index (χ4v) is 3.97. The molecule has 2 aliphatic heterocycles. The molecule has 6 heteroatoms. The van der Waals surface area contributed by atoms with Gasteiger partial charge < -0.3 is 9.64 Å². The highest BCUT2D eigenvalue weighted by atomic mass is 16.5. The van der Waals surface area contributed by atoms with Crippen LogP contribution >= 0.6 is 0 Å². The Morgan fingerprint density at radius 1 is 1.22 bits per heavy atom. The van der Waals surface area contributed by atoms with E-state index in [1.165, 1.54) is 0 Å². The van der Waals surface area contributed by atoms with Crippen LogP contribution in [0.3, 0.4) is 0 Å². The fraction of sp³-hybridized carbons (Fsp3) is 0.476. The van der Waals surface area contributed by atoms with Gasteiger partial charge in [-0.3, -0.25) is 14.7 Å². The summed E-state index contributed by atoms with van der Waals surface area (Å²) in [5.41, 5.74) is 0.968. The van der Waals surface area contributed by atoms with E-state index in [1.54, 1.807) is 11.1 Å². The quantitative estimate of drug-likeness (QED) is 0.834. The molecule has 1 aromatic heterocycles. The van der Waals surface area contributed by atoms with Crippen LogP contribution in [0.25, 0.3) is 10.9 Å². The normalized spacial score (nSPS) is 21.3. The molecule has 0 radical (unpaired) electrons. The number of nitriles is 1. The van der Waals surface area contributed by atoms with E-state index in [0.717, 1.165) is 55.4 Å². The molecule has 1 unspecified atom stereocenters. The number of rotatable bonds is 4. The first-order valence-electron chi connectivity index (χ1n) is 9.66. The number of likely N-dealkylation sites (tertiary alicyclic amines) is 2. The molecule has 3 heterocycles. The lowest BCUT2D eigenvalue weighted by Crippen LogP contribution is -2.46. The molecule has 2 aromatic rings. The van der Waals surface area contributed by atoms with Crippen molar-refractivity contribution in [3.63, 3.8) is 0 Å². The SMILES string of the molecule is N#CC1CCCN1C(=O)CN1CCC(Oc2cnc3ccccc3c2)CC1. The van der Waals surface area contributed by atoms with Crippen molar-refractivity contribution in [2.24, 2.45) is 0 Å².